The van der Waals surface area contributed by atoms with E-state index in [4.69, 9.17) is 14.2 Å². The quantitative estimate of drug-likeness (QED) is 0.269. The summed E-state index contributed by atoms with van der Waals surface area (Å²) in [6, 6.07) is 3.61. The van der Waals surface area contributed by atoms with Gasteiger partial charge in [-0.15, -0.1) is 0 Å². The first-order valence-corrected chi connectivity index (χ1v) is 10.0. The van der Waals surface area contributed by atoms with Crippen LogP contribution in [0.25, 0.3) is 0 Å². The Morgan fingerprint density at radius 3 is 2.50 bits per heavy atom. The van der Waals surface area contributed by atoms with Crippen molar-refractivity contribution in [3.8, 4) is 11.5 Å². The fraction of sp³-hybridized carbons (Fsp3) is 0.381. The number of Topliss-reactive ketones (excluding diaryl/α,β-unsaturated/α-hetero) is 1. The van der Waals surface area contributed by atoms with Crippen molar-refractivity contribution < 1.29 is 33.5 Å². The van der Waals surface area contributed by atoms with Crippen LogP contribution in [-0.4, -0.2) is 65.9 Å². The second-order valence-corrected chi connectivity index (χ2v) is 7.01. The summed E-state index contributed by atoms with van der Waals surface area (Å²) in [6.45, 7) is 2.63. The Morgan fingerprint density at radius 1 is 1.16 bits per heavy atom. The van der Waals surface area contributed by atoms with E-state index in [0.717, 1.165) is 25.0 Å². The van der Waals surface area contributed by atoms with Crippen molar-refractivity contribution >= 4 is 23.3 Å². The Bertz CT molecular complexity index is 1040. The first-order chi connectivity index (χ1) is 15.3. The third-order valence-corrected chi connectivity index (χ3v) is 4.96. The summed E-state index contributed by atoms with van der Waals surface area (Å²) >= 11 is 0. The summed E-state index contributed by atoms with van der Waals surface area (Å²) in [5.74, 6) is -1.59. The fourth-order valence-electron chi connectivity index (χ4n) is 3.35. The lowest BCUT2D eigenvalue weighted by Crippen LogP contribution is -2.27. The molecule has 0 bridgehead atoms. The van der Waals surface area contributed by atoms with E-state index in [9.17, 15) is 24.5 Å². The molecule has 1 fully saturated rings. The van der Waals surface area contributed by atoms with Gasteiger partial charge < -0.3 is 24.1 Å². The SMILES string of the molecule is CCOc1cc([N+](=O)[O-])c(C(=O)OCC(=O)c2c[nH]c(C(=O)N3CCCC3)c2)cc1OC. The van der Waals surface area contributed by atoms with E-state index in [1.807, 2.05) is 0 Å². The number of carbonyl (C=O) groups excluding carboxylic acids is 3. The van der Waals surface area contributed by atoms with Crippen LogP contribution < -0.4 is 9.47 Å². The lowest BCUT2D eigenvalue weighted by atomic mass is 10.1. The molecule has 1 aliphatic heterocycles. The first-order valence-electron chi connectivity index (χ1n) is 10.0. The summed E-state index contributed by atoms with van der Waals surface area (Å²) in [6.07, 6.45) is 3.25. The molecule has 1 aromatic carbocycles. The van der Waals surface area contributed by atoms with Gasteiger partial charge in [0.05, 0.1) is 24.7 Å². The second-order valence-electron chi connectivity index (χ2n) is 7.01. The normalized spacial score (nSPS) is 13.0. The first kappa shape index (κ1) is 22.8. The number of likely N-dealkylation sites (tertiary alicyclic amines) is 1. The smallest absolute Gasteiger partial charge is 0.345 e. The molecule has 1 aromatic heterocycles. The van der Waals surface area contributed by atoms with E-state index in [1.54, 1.807) is 11.8 Å². The molecule has 1 aliphatic rings. The molecule has 1 saturated heterocycles. The predicted molar refractivity (Wildman–Crippen MR) is 111 cm³/mol. The van der Waals surface area contributed by atoms with E-state index >= 15 is 0 Å². The highest BCUT2D eigenvalue weighted by Crippen LogP contribution is 2.35. The van der Waals surface area contributed by atoms with E-state index in [1.165, 1.54) is 19.4 Å². The maximum Gasteiger partial charge on any atom is 0.345 e. The van der Waals surface area contributed by atoms with Gasteiger partial charge in [-0.25, -0.2) is 4.79 Å². The zero-order valence-corrected chi connectivity index (χ0v) is 17.7. The number of carbonyl (C=O) groups is 3. The molecule has 1 N–H and O–H groups in total. The van der Waals surface area contributed by atoms with Crippen LogP contribution in [0.1, 0.15) is 51.0 Å². The van der Waals surface area contributed by atoms with E-state index in [0.29, 0.717) is 13.1 Å². The number of esters is 1. The number of ketones is 1. The third-order valence-electron chi connectivity index (χ3n) is 4.96. The Balaban J connectivity index is 1.70. The number of H-pyrrole nitrogens is 1. The van der Waals surface area contributed by atoms with Gasteiger partial charge in [-0.3, -0.25) is 19.7 Å². The van der Waals surface area contributed by atoms with Gasteiger partial charge >= 0.3 is 5.97 Å². The zero-order chi connectivity index (χ0) is 23.3. The number of methoxy groups -OCH3 is 1. The largest absolute Gasteiger partial charge is 0.493 e. The van der Waals surface area contributed by atoms with Crippen LogP contribution in [0.3, 0.4) is 0 Å². The monoisotopic (exact) mass is 445 g/mol. The van der Waals surface area contributed by atoms with Crippen molar-refractivity contribution in [2.75, 3.05) is 33.4 Å². The van der Waals surface area contributed by atoms with Gasteiger partial charge in [0.1, 0.15) is 11.3 Å². The van der Waals surface area contributed by atoms with Gasteiger partial charge in [-0.05, 0) is 25.8 Å². The van der Waals surface area contributed by atoms with E-state index in [-0.39, 0.29) is 40.8 Å². The highest BCUT2D eigenvalue weighted by atomic mass is 16.6. The molecule has 0 aliphatic carbocycles. The van der Waals surface area contributed by atoms with Crippen molar-refractivity contribution in [1.82, 2.24) is 9.88 Å². The van der Waals surface area contributed by atoms with Gasteiger partial charge in [0, 0.05) is 30.9 Å². The van der Waals surface area contributed by atoms with Crippen LogP contribution >= 0.6 is 0 Å². The molecule has 0 atom stereocenters. The fourth-order valence-corrected chi connectivity index (χ4v) is 3.35. The number of rotatable bonds is 9. The molecular formula is C21H23N3O8. The van der Waals surface area contributed by atoms with Crippen molar-refractivity contribution in [3.63, 3.8) is 0 Å². The van der Waals surface area contributed by atoms with Crippen LogP contribution in [0.4, 0.5) is 5.69 Å². The number of nitro groups is 1. The molecule has 0 radical (unpaired) electrons. The lowest BCUT2D eigenvalue weighted by Gasteiger charge is -2.13. The number of amides is 1. The lowest BCUT2D eigenvalue weighted by molar-refractivity contribution is -0.385. The molecule has 0 saturated carbocycles. The average Bonchev–Trinajstić information content (AvgIpc) is 3.49. The highest BCUT2D eigenvalue weighted by Gasteiger charge is 2.27. The van der Waals surface area contributed by atoms with Crippen molar-refractivity contribution in [2.45, 2.75) is 19.8 Å². The Morgan fingerprint density at radius 2 is 1.88 bits per heavy atom. The minimum absolute atomic E-state index is 0.108. The zero-order valence-electron chi connectivity index (χ0n) is 17.7. The third kappa shape index (κ3) is 4.88. The molecule has 11 nitrogen and oxygen atoms in total. The molecule has 0 unspecified atom stereocenters. The van der Waals surface area contributed by atoms with Crippen LogP contribution in [0.5, 0.6) is 11.5 Å². The second kappa shape index (κ2) is 9.94. The Hall–Kier alpha value is -3.89. The van der Waals surface area contributed by atoms with Gasteiger partial charge in [0.2, 0.25) is 5.78 Å². The number of aromatic amines is 1. The molecule has 11 heteroatoms. The topological polar surface area (TPSA) is 141 Å². The average molecular weight is 445 g/mol. The Kier molecular flexibility index (Phi) is 7.08. The number of nitrogens with zero attached hydrogens (tertiary/aromatic N) is 2. The highest BCUT2D eigenvalue weighted by molar-refractivity contribution is 6.02. The van der Waals surface area contributed by atoms with Crippen LogP contribution in [0.2, 0.25) is 0 Å². The van der Waals surface area contributed by atoms with Crippen molar-refractivity contribution in [3.05, 3.63) is 51.3 Å². The minimum Gasteiger partial charge on any atom is -0.493 e. The standard InChI is InChI=1S/C21H23N3O8/c1-3-31-19-10-16(24(28)29)14(9-18(19)30-2)21(27)32-12-17(25)13-8-15(22-11-13)20(26)23-6-4-5-7-23/h8-11,22H,3-7,12H2,1-2H3. The minimum atomic E-state index is -1.06. The van der Waals surface area contributed by atoms with Crippen molar-refractivity contribution in [2.24, 2.45) is 0 Å². The van der Waals surface area contributed by atoms with E-state index < -0.39 is 29.0 Å². The van der Waals surface area contributed by atoms with Crippen LogP contribution in [-0.2, 0) is 4.74 Å². The number of nitro benzene ring substituents is 1. The van der Waals surface area contributed by atoms with Gasteiger partial charge in [-0.1, -0.05) is 0 Å². The Labute approximate surface area is 183 Å². The molecule has 170 valence electrons. The van der Waals surface area contributed by atoms with Gasteiger partial charge in [-0.2, -0.15) is 0 Å². The van der Waals surface area contributed by atoms with E-state index in [2.05, 4.69) is 4.98 Å². The molecule has 0 spiro atoms. The number of nitrogens with one attached hydrogen (secondary N) is 1. The molecule has 2 aromatic rings. The molecule has 3 rings (SSSR count). The summed E-state index contributed by atoms with van der Waals surface area (Å²) in [4.78, 5) is 52.4. The molecular weight excluding hydrogens is 422 g/mol. The number of hydrogen-bond donors (Lipinski definition) is 1. The summed E-state index contributed by atoms with van der Waals surface area (Å²) < 4.78 is 15.4. The summed E-state index contributed by atoms with van der Waals surface area (Å²) in [5, 5.41) is 11.4. The molecule has 1 amide bonds. The van der Waals surface area contributed by atoms with Gasteiger partial charge in [0.25, 0.3) is 11.6 Å². The van der Waals surface area contributed by atoms with Crippen molar-refractivity contribution in [1.29, 1.82) is 0 Å². The van der Waals surface area contributed by atoms with Gasteiger partial charge in [0.15, 0.2) is 18.1 Å². The maximum absolute atomic E-state index is 12.5. The van der Waals surface area contributed by atoms with Crippen LogP contribution in [0.15, 0.2) is 24.4 Å². The number of benzene rings is 1. The summed E-state index contributed by atoms with van der Waals surface area (Å²) in [5.41, 5.74) is -0.471. The number of hydrogen-bond acceptors (Lipinski definition) is 8. The van der Waals surface area contributed by atoms with Crippen LogP contribution in [0, 0.1) is 10.1 Å². The maximum atomic E-state index is 12.5. The number of ether oxygens (including phenoxy) is 3. The number of aromatic nitrogens is 1. The molecule has 32 heavy (non-hydrogen) atoms. The predicted octanol–water partition coefficient (Wildman–Crippen LogP) is 2.61. The molecule has 2 heterocycles. The summed E-state index contributed by atoms with van der Waals surface area (Å²) in [7, 11) is 1.33.